The number of hydrogen-bond acceptors (Lipinski definition) is 2. The van der Waals surface area contributed by atoms with E-state index in [2.05, 4.69) is 19.7 Å². The summed E-state index contributed by atoms with van der Waals surface area (Å²) < 4.78 is 0. The maximum Gasteiger partial charge on any atom is 0.331 e. The molecule has 1 aliphatic carbocycles. The van der Waals surface area contributed by atoms with E-state index in [0.717, 1.165) is 18.9 Å². The van der Waals surface area contributed by atoms with Gasteiger partial charge in [-0.05, 0) is 32.6 Å². The van der Waals surface area contributed by atoms with E-state index >= 15 is 0 Å². The van der Waals surface area contributed by atoms with Crippen LogP contribution in [0.1, 0.15) is 26.7 Å². The highest BCUT2D eigenvalue weighted by molar-refractivity contribution is 5.86. The van der Waals surface area contributed by atoms with Gasteiger partial charge in [0.2, 0.25) is 0 Å². The van der Waals surface area contributed by atoms with E-state index in [1.165, 1.54) is 5.57 Å². The van der Waals surface area contributed by atoms with Crippen LogP contribution in [0.4, 0.5) is 0 Å². The number of hydrogen-bond donors (Lipinski definition) is 2. The van der Waals surface area contributed by atoms with Crippen molar-refractivity contribution in [1.29, 1.82) is 0 Å². The van der Waals surface area contributed by atoms with Crippen molar-refractivity contribution in [2.45, 2.75) is 26.7 Å². The maximum atomic E-state index is 10.1. The van der Waals surface area contributed by atoms with Gasteiger partial charge in [0.15, 0.2) is 0 Å². The summed E-state index contributed by atoms with van der Waals surface area (Å²) in [6.07, 6.45) is 2.87. The second-order valence-electron chi connectivity index (χ2n) is 3.85. The molecule has 0 aromatic rings. The fourth-order valence-corrected chi connectivity index (χ4v) is 0.606. The van der Waals surface area contributed by atoms with Crippen LogP contribution in [0, 0.1) is 5.92 Å². The number of carboxylic acids is 2. The first-order valence-corrected chi connectivity index (χ1v) is 5.11. The van der Waals surface area contributed by atoms with E-state index in [-0.39, 0.29) is 0 Å². The molecule has 0 unspecified atom stereocenters. The average Bonchev–Trinajstić information content (AvgIpc) is 2.99. The number of allylic oxidation sites excluding steroid dienone is 1. The van der Waals surface area contributed by atoms with E-state index in [0.29, 0.717) is 11.5 Å². The topological polar surface area (TPSA) is 74.6 Å². The Bertz CT molecular complexity index is 307. The van der Waals surface area contributed by atoms with Gasteiger partial charge in [-0.25, -0.2) is 9.59 Å². The van der Waals surface area contributed by atoms with Crippen LogP contribution in [0.3, 0.4) is 0 Å². The number of carbonyl (C=O) groups is 2. The Kier molecular flexibility index (Phi) is 9.70. The van der Waals surface area contributed by atoms with E-state index in [1.54, 1.807) is 0 Å². The van der Waals surface area contributed by atoms with Gasteiger partial charge in [-0.15, -0.1) is 6.58 Å². The Morgan fingerprint density at radius 2 is 1.47 bits per heavy atom. The van der Waals surface area contributed by atoms with Crippen LogP contribution in [0.25, 0.3) is 0 Å². The van der Waals surface area contributed by atoms with E-state index in [9.17, 15) is 9.59 Å². The second-order valence-corrected chi connectivity index (χ2v) is 3.85. The molecule has 4 heteroatoms. The molecule has 0 heterocycles. The summed E-state index contributed by atoms with van der Waals surface area (Å²) in [7, 11) is 0. The van der Waals surface area contributed by atoms with Crippen molar-refractivity contribution in [2.75, 3.05) is 0 Å². The summed E-state index contributed by atoms with van der Waals surface area (Å²) in [5, 5.41) is 15.9. The molecule has 96 valence electrons. The van der Waals surface area contributed by atoms with Crippen LogP contribution in [0.2, 0.25) is 0 Å². The molecule has 1 rings (SSSR count). The van der Waals surface area contributed by atoms with E-state index < -0.39 is 11.9 Å². The van der Waals surface area contributed by atoms with Gasteiger partial charge in [0.05, 0.1) is 0 Å². The highest BCUT2D eigenvalue weighted by Gasteiger charge is 2.28. The van der Waals surface area contributed by atoms with Crippen LogP contribution >= 0.6 is 0 Å². The van der Waals surface area contributed by atoms with Crippen LogP contribution in [0.5, 0.6) is 0 Å². The third-order valence-corrected chi connectivity index (χ3v) is 1.52. The van der Waals surface area contributed by atoms with Crippen LogP contribution in [-0.4, -0.2) is 22.2 Å². The molecule has 0 bridgehead atoms. The minimum Gasteiger partial charge on any atom is -0.478 e. The smallest absolute Gasteiger partial charge is 0.331 e. The lowest BCUT2D eigenvalue weighted by molar-refractivity contribution is -0.133. The SMILES string of the molecule is C=C(C(=O)O)C1CC1.C=C(C)C.C=CC(=O)O. The third-order valence-electron chi connectivity index (χ3n) is 1.52. The molecule has 0 aromatic heterocycles. The Morgan fingerprint density at radius 3 is 1.53 bits per heavy atom. The number of aliphatic carboxylic acids is 2. The molecule has 0 atom stereocenters. The summed E-state index contributed by atoms with van der Waals surface area (Å²) in [5.41, 5.74) is 1.55. The zero-order valence-electron chi connectivity index (χ0n) is 10.4. The minimum atomic E-state index is -0.981. The van der Waals surface area contributed by atoms with Gasteiger partial charge in [-0.1, -0.05) is 18.7 Å². The normalized spacial score (nSPS) is 11.9. The van der Waals surface area contributed by atoms with Crippen LogP contribution < -0.4 is 0 Å². The maximum absolute atomic E-state index is 10.1. The van der Waals surface area contributed by atoms with Crippen molar-refractivity contribution in [1.82, 2.24) is 0 Å². The first-order chi connectivity index (χ1) is 7.72. The zero-order chi connectivity index (χ0) is 14.0. The van der Waals surface area contributed by atoms with E-state index in [1.807, 2.05) is 13.8 Å². The van der Waals surface area contributed by atoms with Crippen molar-refractivity contribution < 1.29 is 19.8 Å². The first kappa shape index (κ1) is 17.6. The monoisotopic (exact) mass is 240 g/mol. The third kappa shape index (κ3) is 16.8. The fourth-order valence-electron chi connectivity index (χ4n) is 0.606. The van der Waals surface area contributed by atoms with Gasteiger partial charge in [0, 0.05) is 11.6 Å². The van der Waals surface area contributed by atoms with Gasteiger partial charge in [-0.3, -0.25) is 0 Å². The standard InChI is InChI=1S/C6H8O2.C4H8.C3H4O2/c1-4(6(7)8)5-2-3-5;1-4(2)3;1-2-3(4)5/h5H,1-3H2,(H,7,8);1H2,2-3H3;2H,1H2,(H,4,5). The van der Waals surface area contributed by atoms with Crippen molar-refractivity contribution in [2.24, 2.45) is 5.92 Å². The molecule has 0 radical (unpaired) electrons. The van der Waals surface area contributed by atoms with Crippen LogP contribution in [-0.2, 0) is 9.59 Å². The summed E-state index contributed by atoms with van der Waals surface area (Å²) >= 11 is 0. The van der Waals surface area contributed by atoms with E-state index in [4.69, 9.17) is 10.2 Å². The Balaban J connectivity index is 0. The van der Waals surface area contributed by atoms with Crippen molar-refractivity contribution in [3.05, 3.63) is 37.0 Å². The molecule has 2 N–H and O–H groups in total. The summed E-state index contributed by atoms with van der Waals surface area (Å²) in [6.45, 7) is 13.9. The number of rotatable bonds is 3. The molecular weight excluding hydrogens is 220 g/mol. The molecule has 1 saturated carbocycles. The Hall–Kier alpha value is -1.84. The Labute approximate surface area is 102 Å². The van der Waals surface area contributed by atoms with Crippen LogP contribution in [0.15, 0.2) is 37.0 Å². The lowest BCUT2D eigenvalue weighted by Crippen LogP contribution is -1.99. The second kappa shape index (κ2) is 9.39. The largest absolute Gasteiger partial charge is 0.478 e. The highest BCUT2D eigenvalue weighted by Crippen LogP contribution is 2.35. The lowest BCUT2D eigenvalue weighted by atomic mass is 10.2. The molecule has 1 fully saturated rings. The molecular formula is C13H20O4. The van der Waals surface area contributed by atoms with Crippen molar-refractivity contribution in [3.8, 4) is 0 Å². The Morgan fingerprint density at radius 1 is 1.18 bits per heavy atom. The first-order valence-electron chi connectivity index (χ1n) is 5.11. The quantitative estimate of drug-likeness (QED) is 0.587. The summed E-state index contributed by atoms with van der Waals surface area (Å²) in [5.74, 6) is -1.52. The van der Waals surface area contributed by atoms with Gasteiger partial charge in [-0.2, -0.15) is 0 Å². The number of carboxylic acid groups (broad SMARTS) is 2. The molecule has 1 aliphatic rings. The predicted molar refractivity (Wildman–Crippen MR) is 67.8 cm³/mol. The summed E-state index contributed by atoms with van der Waals surface area (Å²) in [4.78, 5) is 19.3. The molecule has 0 aromatic carbocycles. The lowest BCUT2D eigenvalue weighted by Gasteiger charge is -1.90. The molecule has 4 nitrogen and oxygen atoms in total. The molecule has 0 saturated heterocycles. The van der Waals surface area contributed by atoms with Crippen molar-refractivity contribution >= 4 is 11.9 Å². The zero-order valence-corrected chi connectivity index (χ0v) is 10.4. The molecule has 17 heavy (non-hydrogen) atoms. The fraction of sp³-hybridized carbons (Fsp3) is 0.385. The predicted octanol–water partition coefficient (Wildman–Crippen LogP) is 2.88. The average molecular weight is 240 g/mol. The van der Waals surface area contributed by atoms with Crippen molar-refractivity contribution in [3.63, 3.8) is 0 Å². The molecule has 0 aliphatic heterocycles. The molecule has 0 amide bonds. The van der Waals surface area contributed by atoms with Gasteiger partial charge in [0.25, 0.3) is 0 Å². The molecule has 0 spiro atoms. The summed E-state index contributed by atoms with van der Waals surface area (Å²) in [6, 6.07) is 0. The van der Waals surface area contributed by atoms with Gasteiger partial charge < -0.3 is 10.2 Å². The van der Waals surface area contributed by atoms with Gasteiger partial charge >= 0.3 is 11.9 Å². The minimum absolute atomic E-state index is 0.299. The highest BCUT2D eigenvalue weighted by atomic mass is 16.4. The van der Waals surface area contributed by atoms with Gasteiger partial charge in [0.1, 0.15) is 0 Å².